The first kappa shape index (κ1) is 42.9. The van der Waals surface area contributed by atoms with Gasteiger partial charge in [0.1, 0.15) is 0 Å². The molecule has 0 aliphatic heterocycles. The van der Waals surface area contributed by atoms with E-state index in [2.05, 4.69) is 51.2 Å². The van der Waals surface area contributed by atoms with Crippen LogP contribution < -0.4 is 11.1 Å². The lowest BCUT2D eigenvalue weighted by Crippen LogP contribution is -2.19. The van der Waals surface area contributed by atoms with Gasteiger partial charge in [0, 0.05) is 24.1 Å². The van der Waals surface area contributed by atoms with E-state index in [4.69, 9.17) is 15.0 Å². The molecule has 0 saturated heterocycles. The Bertz CT molecular complexity index is 1880. The molecule has 8 heteroatoms. The topological polar surface area (TPSA) is 119 Å². The second kappa shape index (κ2) is 21.3. The Kier molecular flexibility index (Phi) is 17.2. The van der Waals surface area contributed by atoms with Gasteiger partial charge >= 0.3 is 0 Å². The Labute approximate surface area is 318 Å². The molecular formula is C45H58N2O5S. The maximum atomic E-state index is 12.5. The molecule has 53 heavy (non-hydrogen) atoms. The summed E-state index contributed by atoms with van der Waals surface area (Å²) in [6, 6.07) is 21.9. The predicted octanol–water partition coefficient (Wildman–Crippen LogP) is 10.00. The number of aliphatic hydroxyl groups is 1. The maximum Gasteiger partial charge on any atom is 0.296 e. The van der Waals surface area contributed by atoms with E-state index in [1.165, 1.54) is 36.0 Å². The normalized spacial score (nSPS) is 15.1. The van der Waals surface area contributed by atoms with Crippen molar-refractivity contribution in [1.29, 1.82) is 0 Å². The van der Waals surface area contributed by atoms with E-state index in [1.807, 2.05) is 74.5 Å². The molecule has 4 rings (SSSR count). The Morgan fingerprint density at radius 3 is 2.13 bits per heavy atom. The first-order valence-electron chi connectivity index (χ1n) is 18.4. The largest absolute Gasteiger partial charge is 0.399 e. The van der Waals surface area contributed by atoms with E-state index in [0.717, 1.165) is 40.8 Å². The summed E-state index contributed by atoms with van der Waals surface area (Å²) < 4.78 is 29.8. The second-order valence-corrected chi connectivity index (χ2v) is 16.0. The summed E-state index contributed by atoms with van der Waals surface area (Å²) in [5.41, 5.74) is 15.4. The molecule has 4 N–H and O–H groups in total. The number of aryl methyl sites for hydroxylation is 3. The highest BCUT2D eigenvalue weighted by Gasteiger charge is 2.26. The van der Waals surface area contributed by atoms with Gasteiger partial charge in [-0.05, 0) is 137 Å². The quantitative estimate of drug-likeness (QED) is 0.0470. The number of amides is 1. The van der Waals surface area contributed by atoms with Gasteiger partial charge < -0.3 is 16.2 Å². The molecule has 3 aromatic rings. The standard InChI is InChI=1S/C36H45NO4S.C9H13NO/c1-27(16-23-34-30(4)12-8-24-36(34,5)6)10-7-11-29(3)26-35(38)37-32-19-17-31(18-20-32)13-9-25-41-42(39,40)33-21-14-28(2)15-22-33;10-9-5-3-8(4-6-9)2-1-7-11/h7,10-11,14-23,26H,8-9,12-13,24-25H2,1-6H3,(H,37,38);3-6,11H,1-2,7,10H2/b11-7+,23-16+,27-10+,29-26+;. The minimum Gasteiger partial charge on any atom is -0.399 e. The van der Waals surface area contributed by atoms with Gasteiger partial charge in [0.2, 0.25) is 5.91 Å². The monoisotopic (exact) mass is 738 g/mol. The van der Waals surface area contributed by atoms with E-state index < -0.39 is 10.1 Å². The average molecular weight is 739 g/mol. The number of nitrogens with two attached hydrogens (primary N) is 1. The van der Waals surface area contributed by atoms with Gasteiger partial charge in [-0.25, -0.2) is 0 Å². The highest BCUT2D eigenvalue weighted by atomic mass is 32.2. The summed E-state index contributed by atoms with van der Waals surface area (Å²) >= 11 is 0. The van der Waals surface area contributed by atoms with Crippen LogP contribution in [0.25, 0.3) is 0 Å². The molecule has 1 aliphatic carbocycles. The van der Waals surface area contributed by atoms with Crippen LogP contribution in [-0.4, -0.2) is 32.6 Å². The number of carbonyl (C=O) groups is 1. The molecule has 0 bridgehead atoms. The van der Waals surface area contributed by atoms with Crippen molar-refractivity contribution in [2.24, 2.45) is 5.41 Å². The van der Waals surface area contributed by atoms with Gasteiger partial charge in [-0.15, -0.1) is 0 Å². The zero-order valence-corrected chi connectivity index (χ0v) is 33.1. The summed E-state index contributed by atoms with van der Waals surface area (Å²) in [4.78, 5) is 12.7. The van der Waals surface area contributed by atoms with Crippen LogP contribution in [0, 0.1) is 12.3 Å². The van der Waals surface area contributed by atoms with Gasteiger partial charge in [0.15, 0.2) is 0 Å². The third kappa shape index (κ3) is 15.6. The van der Waals surface area contributed by atoms with Crippen LogP contribution in [0.1, 0.15) is 83.4 Å². The van der Waals surface area contributed by atoms with Gasteiger partial charge in [0.05, 0.1) is 11.5 Å². The van der Waals surface area contributed by atoms with E-state index in [0.29, 0.717) is 18.5 Å². The summed E-state index contributed by atoms with van der Waals surface area (Å²) in [7, 11) is -3.75. The number of aliphatic hydroxyl groups excluding tert-OH is 1. The molecular weight excluding hydrogens is 681 g/mol. The molecule has 0 atom stereocenters. The summed E-state index contributed by atoms with van der Waals surface area (Å²) in [6.45, 7) is 13.1. The molecule has 1 aliphatic rings. The van der Waals surface area contributed by atoms with Crippen LogP contribution in [0.2, 0.25) is 0 Å². The molecule has 7 nitrogen and oxygen atoms in total. The van der Waals surface area contributed by atoms with E-state index >= 15 is 0 Å². The Morgan fingerprint density at radius 2 is 1.51 bits per heavy atom. The minimum absolute atomic E-state index is 0.104. The zero-order valence-electron chi connectivity index (χ0n) is 32.3. The van der Waals surface area contributed by atoms with Crippen molar-refractivity contribution in [3.8, 4) is 0 Å². The molecule has 0 fully saturated rings. The average Bonchev–Trinajstić information content (AvgIpc) is 3.10. The fraction of sp³-hybridized carbons (Fsp3) is 0.356. The van der Waals surface area contributed by atoms with Gasteiger partial charge in [-0.3, -0.25) is 8.98 Å². The van der Waals surface area contributed by atoms with E-state index in [1.54, 1.807) is 30.3 Å². The number of anilines is 2. The van der Waals surface area contributed by atoms with Crippen LogP contribution in [0.15, 0.2) is 136 Å². The van der Waals surface area contributed by atoms with Crippen molar-refractivity contribution in [2.45, 2.75) is 91.4 Å². The van der Waals surface area contributed by atoms with Crippen LogP contribution in [0.3, 0.4) is 0 Å². The lowest BCUT2D eigenvalue weighted by atomic mass is 9.72. The smallest absolute Gasteiger partial charge is 0.296 e. The summed E-state index contributed by atoms with van der Waals surface area (Å²) in [6.07, 6.45) is 18.6. The van der Waals surface area contributed by atoms with Crippen molar-refractivity contribution in [3.63, 3.8) is 0 Å². The Balaban J connectivity index is 0.000000586. The summed E-state index contributed by atoms with van der Waals surface area (Å²) in [5, 5.41) is 11.4. The molecule has 0 aromatic heterocycles. The number of rotatable bonds is 15. The molecule has 0 heterocycles. The third-order valence-electron chi connectivity index (χ3n) is 9.12. The van der Waals surface area contributed by atoms with Crippen molar-refractivity contribution in [1.82, 2.24) is 0 Å². The Hall–Kier alpha value is -4.50. The molecule has 0 radical (unpaired) electrons. The number of nitrogens with one attached hydrogen (secondary N) is 1. The Morgan fingerprint density at radius 1 is 0.887 bits per heavy atom. The SMILES string of the molecule is CC1=C(/C=C/C(C)=C/C=C/C(C)=C/C(=O)Nc2ccc(CCCOS(=O)(=O)c3ccc(C)cc3)cc2)C(C)(C)CCC1.Nc1ccc(CCCO)cc1. The third-order valence-corrected chi connectivity index (χ3v) is 10.4. The molecule has 0 saturated carbocycles. The van der Waals surface area contributed by atoms with E-state index in [-0.39, 0.29) is 29.4 Å². The number of nitrogen functional groups attached to an aromatic ring is 1. The van der Waals surface area contributed by atoms with Crippen LogP contribution in [-0.2, 0) is 31.9 Å². The number of benzene rings is 3. The van der Waals surface area contributed by atoms with Crippen molar-refractivity contribution >= 4 is 27.4 Å². The highest BCUT2D eigenvalue weighted by molar-refractivity contribution is 7.86. The van der Waals surface area contributed by atoms with Crippen molar-refractivity contribution in [2.75, 3.05) is 24.3 Å². The van der Waals surface area contributed by atoms with Crippen molar-refractivity contribution < 1.29 is 22.5 Å². The van der Waals surface area contributed by atoms with Gasteiger partial charge in [-0.2, -0.15) is 8.42 Å². The molecule has 1 amide bonds. The predicted molar refractivity (Wildman–Crippen MR) is 220 cm³/mol. The fourth-order valence-electron chi connectivity index (χ4n) is 6.01. The molecule has 3 aromatic carbocycles. The van der Waals surface area contributed by atoms with Gasteiger partial charge in [0.25, 0.3) is 10.1 Å². The minimum atomic E-state index is -3.75. The zero-order chi connectivity index (χ0) is 38.9. The highest BCUT2D eigenvalue weighted by Crippen LogP contribution is 2.40. The molecule has 0 spiro atoms. The lowest BCUT2D eigenvalue weighted by molar-refractivity contribution is -0.111. The fourth-order valence-corrected chi connectivity index (χ4v) is 6.95. The lowest BCUT2D eigenvalue weighted by Gasteiger charge is -2.32. The maximum absolute atomic E-state index is 12.5. The first-order chi connectivity index (χ1) is 25.2. The van der Waals surface area contributed by atoms with Crippen LogP contribution >= 0.6 is 0 Å². The number of allylic oxidation sites excluding steroid dienone is 9. The first-order valence-corrected chi connectivity index (χ1v) is 19.8. The van der Waals surface area contributed by atoms with Crippen LogP contribution in [0.4, 0.5) is 11.4 Å². The number of hydrogen-bond donors (Lipinski definition) is 3. The molecule has 0 unspecified atom stereocenters. The van der Waals surface area contributed by atoms with Crippen LogP contribution in [0.5, 0.6) is 0 Å². The number of hydrogen-bond acceptors (Lipinski definition) is 6. The van der Waals surface area contributed by atoms with E-state index in [9.17, 15) is 13.2 Å². The number of carbonyl (C=O) groups excluding carboxylic acids is 1. The van der Waals surface area contributed by atoms with Gasteiger partial charge in [-0.1, -0.05) is 97.3 Å². The summed E-state index contributed by atoms with van der Waals surface area (Å²) in [5.74, 6) is -0.192. The second-order valence-electron chi connectivity index (χ2n) is 14.4. The molecule has 284 valence electrons. The van der Waals surface area contributed by atoms with Crippen molar-refractivity contribution in [3.05, 3.63) is 148 Å².